The number of hydrogen-bond acceptors (Lipinski definition) is 8. The molecule has 10 nitrogen and oxygen atoms in total. The largest absolute Gasteiger partial charge is 0.493 e. The number of hydrogen-bond donors (Lipinski definition) is 2. The van der Waals surface area contributed by atoms with Crippen molar-refractivity contribution in [3.05, 3.63) is 54.5 Å². The molecule has 0 aliphatic carbocycles. The highest BCUT2D eigenvalue weighted by atomic mass is 16.5. The van der Waals surface area contributed by atoms with E-state index in [0.717, 1.165) is 11.6 Å². The highest BCUT2D eigenvalue weighted by Crippen LogP contribution is 2.30. The Kier molecular flexibility index (Phi) is 6.72. The van der Waals surface area contributed by atoms with E-state index in [0.29, 0.717) is 55.0 Å². The minimum absolute atomic E-state index is 0.154. The molecule has 172 valence electrons. The van der Waals surface area contributed by atoms with E-state index in [1.807, 2.05) is 31.2 Å². The van der Waals surface area contributed by atoms with E-state index in [9.17, 15) is 4.79 Å². The minimum atomic E-state index is -0.154. The number of aryl methyl sites for hydroxylation is 1. The SMILES string of the molecule is COc1ccc(NC(=O)N2CCN(c3cc(Nc4ccccn4)nc(C)n3)CC2)cc1OC. The monoisotopic (exact) mass is 449 g/mol. The molecule has 0 bridgehead atoms. The molecule has 10 heteroatoms. The Morgan fingerprint density at radius 2 is 1.73 bits per heavy atom. The van der Waals surface area contributed by atoms with Gasteiger partial charge in [-0.15, -0.1) is 0 Å². The molecule has 0 spiro atoms. The van der Waals surface area contributed by atoms with Crippen LogP contribution in [0.15, 0.2) is 48.7 Å². The Morgan fingerprint density at radius 1 is 0.939 bits per heavy atom. The molecule has 1 aliphatic rings. The first kappa shape index (κ1) is 22.1. The smallest absolute Gasteiger partial charge is 0.321 e. The topological polar surface area (TPSA) is 105 Å². The van der Waals surface area contributed by atoms with Crippen molar-refractivity contribution in [2.75, 3.05) is 55.9 Å². The lowest BCUT2D eigenvalue weighted by Gasteiger charge is -2.35. The first-order valence-corrected chi connectivity index (χ1v) is 10.6. The van der Waals surface area contributed by atoms with Crippen LogP contribution in [0.1, 0.15) is 5.82 Å². The van der Waals surface area contributed by atoms with Crippen LogP contribution >= 0.6 is 0 Å². The number of benzene rings is 1. The molecule has 1 fully saturated rings. The van der Waals surface area contributed by atoms with Gasteiger partial charge in [-0.1, -0.05) is 6.07 Å². The van der Waals surface area contributed by atoms with Crippen LogP contribution < -0.4 is 25.0 Å². The lowest BCUT2D eigenvalue weighted by molar-refractivity contribution is 0.208. The predicted molar refractivity (Wildman–Crippen MR) is 127 cm³/mol. The van der Waals surface area contributed by atoms with E-state index >= 15 is 0 Å². The van der Waals surface area contributed by atoms with Gasteiger partial charge in [-0.25, -0.2) is 19.7 Å². The van der Waals surface area contributed by atoms with Gasteiger partial charge >= 0.3 is 6.03 Å². The number of carbonyl (C=O) groups excluding carboxylic acids is 1. The fraction of sp³-hybridized carbons (Fsp3) is 0.304. The summed E-state index contributed by atoms with van der Waals surface area (Å²) >= 11 is 0. The van der Waals surface area contributed by atoms with Crippen molar-refractivity contribution in [3.8, 4) is 11.5 Å². The summed E-state index contributed by atoms with van der Waals surface area (Å²) in [6.45, 7) is 4.34. The third kappa shape index (κ3) is 5.40. The number of anilines is 4. The van der Waals surface area contributed by atoms with Gasteiger partial charge in [0.05, 0.1) is 14.2 Å². The number of piperazine rings is 1. The maximum Gasteiger partial charge on any atom is 0.321 e. The Morgan fingerprint density at radius 3 is 2.42 bits per heavy atom. The van der Waals surface area contributed by atoms with Crippen molar-refractivity contribution in [1.29, 1.82) is 0 Å². The van der Waals surface area contributed by atoms with Crippen LogP contribution in [0.25, 0.3) is 0 Å². The molecule has 0 saturated carbocycles. The lowest BCUT2D eigenvalue weighted by atomic mass is 10.2. The number of carbonyl (C=O) groups is 1. The summed E-state index contributed by atoms with van der Waals surface area (Å²) in [6, 6.07) is 12.7. The fourth-order valence-corrected chi connectivity index (χ4v) is 3.60. The molecule has 0 unspecified atom stereocenters. The average Bonchev–Trinajstić information content (AvgIpc) is 2.84. The summed E-state index contributed by atoms with van der Waals surface area (Å²) in [5, 5.41) is 6.14. The van der Waals surface area contributed by atoms with Crippen LogP contribution in [0.5, 0.6) is 11.5 Å². The molecule has 1 aromatic carbocycles. The first-order chi connectivity index (χ1) is 16.1. The van der Waals surface area contributed by atoms with Gasteiger partial charge in [-0.05, 0) is 31.2 Å². The van der Waals surface area contributed by atoms with Crippen molar-refractivity contribution in [2.24, 2.45) is 0 Å². The van der Waals surface area contributed by atoms with E-state index in [1.54, 1.807) is 43.5 Å². The standard InChI is InChI=1S/C23H27N7O3/c1-16-25-21(28-20-6-4-5-9-24-20)15-22(26-16)29-10-12-30(13-11-29)23(31)27-17-7-8-18(32-2)19(14-17)33-3/h4-9,14-15H,10-13H2,1-3H3,(H,27,31)(H,24,25,26,28). The first-order valence-electron chi connectivity index (χ1n) is 10.6. The van der Waals surface area contributed by atoms with Crippen LogP contribution in [-0.4, -0.2) is 66.3 Å². The number of aromatic nitrogens is 3. The second-order valence-electron chi connectivity index (χ2n) is 7.47. The van der Waals surface area contributed by atoms with Gasteiger partial charge < -0.3 is 29.9 Å². The molecule has 2 N–H and O–H groups in total. The highest BCUT2D eigenvalue weighted by Gasteiger charge is 2.23. The quantitative estimate of drug-likeness (QED) is 0.591. The van der Waals surface area contributed by atoms with Gasteiger partial charge in [0.1, 0.15) is 23.3 Å². The molecular formula is C23H27N7O3. The number of nitrogens with zero attached hydrogens (tertiary/aromatic N) is 5. The second-order valence-corrected chi connectivity index (χ2v) is 7.47. The van der Waals surface area contributed by atoms with Gasteiger partial charge in [-0.3, -0.25) is 0 Å². The Labute approximate surface area is 192 Å². The Balaban J connectivity index is 1.37. The molecule has 2 aromatic heterocycles. The number of urea groups is 1. The number of amides is 2. The number of methoxy groups -OCH3 is 2. The van der Waals surface area contributed by atoms with Crippen molar-refractivity contribution in [2.45, 2.75) is 6.92 Å². The number of nitrogens with one attached hydrogen (secondary N) is 2. The molecule has 1 aliphatic heterocycles. The maximum absolute atomic E-state index is 12.8. The normalized spacial score (nSPS) is 13.4. The second kappa shape index (κ2) is 10.0. The van der Waals surface area contributed by atoms with Crippen molar-refractivity contribution in [3.63, 3.8) is 0 Å². The van der Waals surface area contributed by atoms with E-state index < -0.39 is 0 Å². The number of rotatable bonds is 6. The summed E-state index contributed by atoms with van der Waals surface area (Å²) in [5.41, 5.74) is 0.650. The molecular weight excluding hydrogens is 422 g/mol. The summed E-state index contributed by atoms with van der Waals surface area (Å²) in [6.07, 6.45) is 1.73. The third-order valence-electron chi connectivity index (χ3n) is 5.27. The van der Waals surface area contributed by atoms with Crippen LogP contribution in [0.3, 0.4) is 0 Å². The molecule has 0 radical (unpaired) electrons. The van der Waals surface area contributed by atoms with E-state index in [-0.39, 0.29) is 6.03 Å². The van der Waals surface area contributed by atoms with Crippen molar-refractivity contribution >= 4 is 29.2 Å². The van der Waals surface area contributed by atoms with Crippen molar-refractivity contribution in [1.82, 2.24) is 19.9 Å². The fourth-order valence-electron chi connectivity index (χ4n) is 3.60. The predicted octanol–water partition coefficient (Wildman–Crippen LogP) is 3.29. The van der Waals surface area contributed by atoms with Gasteiger partial charge in [-0.2, -0.15) is 0 Å². The van der Waals surface area contributed by atoms with Crippen molar-refractivity contribution < 1.29 is 14.3 Å². The molecule has 0 atom stereocenters. The molecule has 4 rings (SSSR count). The summed E-state index contributed by atoms with van der Waals surface area (Å²) in [4.78, 5) is 30.0. The number of ether oxygens (including phenoxy) is 2. The lowest BCUT2D eigenvalue weighted by Crippen LogP contribution is -2.50. The van der Waals surface area contributed by atoms with E-state index in [1.165, 1.54) is 0 Å². The number of pyridine rings is 1. The van der Waals surface area contributed by atoms with Gasteiger partial charge in [0, 0.05) is 50.2 Å². The van der Waals surface area contributed by atoms with Crippen LogP contribution in [0.2, 0.25) is 0 Å². The highest BCUT2D eigenvalue weighted by molar-refractivity contribution is 5.90. The molecule has 3 heterocycles. The molecule has 1 saturated heterocycles. The molecule has 3 aromatic rings. The van der Waals surface area contributed by atoms with Gasteiger partial charge in [0.2, 0.25) is 0 Å². The van der Waals surface area contributed by atoms with Crippen LogP contribution in [0.4, 0.5) is 27.9 Å². The Bertz CT molecular complexity index is 1100. The van der Waals surface area contributed by atoms with Crippen LogP contribution in [-0.2, 0) is 0 Å². The van der Waals surface area contributed by atoms with Gasteiger partial charge in [0.25, 0.3) is 0 Å². The summed E-state index contributed by atoms with van der Waals surface area (Å²) in [7, 11) is 3.14. The van der Waals surface area contributed by atoms with Crippen LogP contribution in [0, 0.1) is 6.92 Å². The zero-order chi connectivity index (χ0) is 23.2. The zero-order valence-corrected chi connectivity index (χ0v) is 18.9. The third-order valence-corrected chi connectivity index (χ3v) is 5.27. The Hall–Kier alpha value is -4.08. The summed E-state index contributed by atoms with van der Waals surface area (Å²) in [5.74, 6) is 4.07. The maximum atomic E-state index is 12.8. The van der Waals surface area contributed by atoms with E-state index in [2.05, 4.69) is 30.5 Å². The zero-order valence-electron chi connectivity index (χ0n) is 18.9. The average molecular weight is 450 g/mol. The minimum Gasteiger partial charge on any atom is -0.493 e. The molecule has 33 heavy (non-hydrogen) atoms. The molecule has 2 amide bonds. The van der Waals surface area contributed by atoms with E-state index in [4.69, 9.17) is 9.47 Å². The summed E-state index contributed by atoms with van der Waals surface area (Å²) < 4.78 is 10.6. The van der Waals surface area contributed by atoms with Gasteiger partial charge in [0.15, 0.2) is 11.5 Å².